The van der Waals surface area contributed by atoms with Crippen molar-refractivity contribution in [3.8, 4) is 5.75 Å². The van der Waals surface area contributed by atoms with Crippen molar-refractivity contribution in [2.24, 2.45) is 11.8 Å². The molecule has 96 valence electrons. The van der Waals surface area contributed by atoms with Crippen molar-refractivity contribution >= 4 is 17.5 Å². The summed E-state index contributed by atoms with van der Waals surface area (Å²) in [5.41, 5.74) is 0.301. The van der Waals surface area contributed by atoms with Crippen LogP contribution in [0, 0.1) is 11.8 Å². The van der Waals surface area contributed by atoms with E-state index in [0.717, 1.165) is 26.2 Å². The number of phenols is 1. The van der Waals surface area contributed by atoms with Crippen molar-refractivity contribution < 1.29 is 9.90 Å². The van der Waals surface area contributed by atoms with E-state index in [1.54, 1.807) is 6.07 Å². The first-order chi connectivity index (χ1) is 8.65. The Kier molecular flexibility index (Phi) is 2.92. The Morgan fingerprint density at radius 3 is 2.67 bits per heavy atom. The molecular weight excluding hydrogens is 252 g/mol. The van der Waals surface area contributed by atoms with E-state index in [9.17, 15) is 9.90 Å². The number of aromatic hydroxyl groups is 1. The van der Waals surface area contributed by atoms with Crippen LogP contribution in [0.1, 0.15) is 10.4 Å². The van der Waals surface area contributed by atoms with Crippen LogP contribution in [0.5, 0.6) is 5.75 Å². The number of hydrogen-bond donors (Lipinski definition) is 2. The zero-order chi connectivity index (χ0) is 12.7. The van der Waals surface area contributed by atoms with Crippen molar-refractivity contribution in [2.45, 2.75) is 0 Å². The average molecular weight is 267 g/mol. The van der Waals surface area contributed by atoms with Crippen LogP contribution in [-0.2, 0) is 0 Å². The lowest BCUT2D eigenvalue weighted by Gasteiger charge is -2.18. The van der Waals surface area contributed by atoms with Crippen LogP contribution < -0.4 is 5.32 Å². The molecular formula is C13H15ClN2O2. The molecule has 0 spiro atoms. The van der Waals surface area contributed by atoms with Gasteiger partial charge in [-0.05, 0) is 30.0 Å². The molecule has 1 aromatic carbocycles. The first-order valence-corrected chi connectivity index (χ1v) is 6.51. The van der Waals surface area contributed by atoms with Crippen LogP contribution in [0.25, 0.3) is 0 Å². The quantitative estimate of drug-likeness (QED) is 0.807. The Morgan fingerprint density at radius 2 is 2.00 bits per heavy atom. The molecule has 0 aromatic heterocycles. The maximum absolute atomic E-state index is 12.3. The summed E-state index contributed by atoms with van der Waals surface area (Å²) in [6.07, 6.45) is 0. The lowest BCUT2D eigenvalue weighted by Crippen LogP contribution is -2.31. The number of amides is 1. The van der Waals surface area contributed by atoms with Crippen molar-refractivity contribution in [1.82, 2.24) is 10.2 Å². The molecule has 1 aromatic rings. The molecule has 4 nitrogen and oxygen atoms in total. The third-order valence-electron chi connectivity index (χ3n) is 3.87. The average Bonchev–Trinajstić information content (AvgIpc) is 2.91. The fraction of sp³-hybridized carbons (Fsp3) is 0.462. The summed E-state index contributed by atoms with van der Waals surface area (Å²) in [5, 5.41) is 13.6. The number of carbonyl (C=O) groups is 1. The summed E-state index contributed by atoms with van der Waals surface area (Å²) in [6, 6.07) is 4.58. The first-order valence-electron chi connectivity index (χ1n) is 6.13. The van der Waals surface area contributed by atoms with Gasteiger partial charge < -0.3 is 15.3 Å². The second-order valence-electron chi connectivity index (χ2n) is 5.05. The summed E-state index contributed by atoms with van der Waals surface area (Å²) < 4.78 is 0. The lowest BCUT2D eigenvalue weighted by atomic mass is 10.0. The Bertz CT molecular complexity index is 480. The van der Waals surface area contributed by atoms with Crippen LogP contribution in [0.2, 0.25) is 5.02 Å². The first kappa shape index (κ1) is 11.8. The summed E-state index contributed by atoms with van der Waals surface area (Å²) in [6.45, 7) is 3.50. The number of halogens is 1. The van der Waals surface area contributed by atoms with Gasteiger partial charge in [-0.1, -0.05) is 11.6 Å². The Labute approximate surface area is 111 Å². The molecule has 5 heteroatoms. The van der Waals surface area contributed by atoms with Gasteiger partial charge in [0.2, 0.25) is 0 Å². The molecule has 2 N–H and O–H groups in total. The number of nitrogens with one attached hydrogen (secondary N) is 1. The molecule has 0 bridgehead atoms. The van der Waals surface area contributed by atoms with Gasteiger partial charge in [0.15, 0.2) is 0 Å². The standard InChI is InChI=1S/C13H15ClN2O2/c14-10-1-2-12(17)11(3-10)13(18)16-6-8-4-15-5-9(8)7-16/h1-3,8-9,15,17H,4-7H2. The minimum atomic E-state index is -0.121. The molecule has 0 radical (unpaired) electrons. The van der Waals surface area contributed by atoms with Gasteiger partial charge in [-0.25, -0.2) is 0 Å². The normalized spacial score (nSPS) is 26.4. The minimum absolute atomic E-state index is 0.000385. The fourth-order valence-electron chi connectivity index (χ4n) is 2.87. The molecule has 2 saturated heterocycles. The van der Waals surface area contributed by atoms with E-state index in [4.69, 9.17) is 11.6 Å². The number of likely N-dealkylation sites (tertiary alicyclic amines) is 1. The smallest absolute Gasteiger partial charge is 0.257 e. The van der Waals surface area contributed by atoms with E-state index in [2.05, 4.69) is 5.32 Å². The molecule has 3 rings (SSSR count). The van der Waals surface area contributed by atoms with Gasteiger partial charge in [0.25, 0.3) is 5.91 Å². The minimum Gasteiger partial charge on any atom is -0.507 e. The van der Waals surface area contributed by atoms with E-state index in [0.29, 0.717) is 22.4 Å². The largest absolute Gasteiger partial charge is 0.507 e. The summed E-state index contributed by atoms with van der Waals surface area (Å²) in [5.74, 6) is 0.981. The van der Waals surface area contributed by atoms with Gasteiger partial charge in [-0.3, -0.25) is 4.79 Å². The highest BCUT2D eigenvalue weighted by Gasteiger charge is 2.38. The van der Waals surface area contributed by atoms with E-state index < -0.39 is 0 Å². The number of nitrogens with zero attached hydrogens (tertiary/aromatic N) is 1. The van der Waals surface area contributed by atoms with Gasteiger partial charge in [0.1, 0.15) is 5.75 Å². The highest BCUT2D eigenvalue weighted by atomic mass is 35.5. The summed E-state index contributed by atoms with van der Waals surface area (Å²) in [4.78, 5) is 14.2. The van der Waals surface area contributed by atoms with Crippen molar-refractivity contribution in [2.75, 3.05) is 26.2 Å². The topological polar surface area (TPSA) is 52.6 Å². The van der Waals surface area contributed by atoms with E-state index in [-0.39, 0.29) is 11.7 Å². The number of rotatable bonds is 1. The predicted octanol–water partition coefficient (Wildman–Crippen LogP) is 1.34. The maximum atomic E-state index is 12.3. The molecule has 0 aliphatic carbocycles. The number of fused-ring (bicyclic) bond motifs is 1. The third kappa shape index (κ3) is 1.95. The maximum Gasteiger partial charge on any atom is 0.257 e. The number of carbonyl (C=O) groups excluding carboxylic acids is 1. The Hall–Kier alpha value is -1.26. The molecule has 2 fully saturated rings. The van der Waals surface area contributed by atoms with Crippen LogP contribution >= 0.6 is 11.6 Å². The Balaban J connectivity index is 1.81. The summed E-state index contributed by atoms with van der Waals surface area (Å²) in [7, 11) is 0. The fourth-order valence-corrected chi connectivity index (χ4v) is 3.04. The number of phenolic OH excluding ortho intramolecular Hbond substituents is 1. The second-order valence-corrected chi connectivity index (χ2v) is 5.49. The lowest BCUT2D eigenvalue weighted by molar-refractivity contribution is 0.0778. The molecule has 2 unspecified atom stereocenters. The van der Waals surface area contributed by atoms with E-state index in [1.165, 1.54) is 12.1 Å². The predicted molar refractivity (Wildman–Crippen MR) is 68.9 cm³/mol. The van der Waals surface area contributed by atoms with Crippen LogP contribution in [-0.4, -0.2) is 42.1 Å². The van der Waals surface area contributed by atoms with Gasteiger partial charge >= 0.3 is 0 Å². The Morgan fingerprint density at radius 1 is 1.33 bits per heavy atom. The van der Waals surface area contributed by atoms with Crippen molar-refractivity contribution in [3.63, 3.8) is 0 Å². The second kappa shape index (κ2) is 4.44. The molecule has 2 atom stereocenters. The molecule has 2 aliphatic rings. The van der Waals surface area contributed by atoms with Crippen molar-refractivity contribution in [3.05, 3.63) is 28.8 Å². The van der Waals surface area contributed by atoms with Gasteiger partial charge in [-0.15, -0.1) is 0 Å². The van der Waals surface area contributed by atoms with Gasteiger partial charge in [0.05, 0.1) is 5.56 Å². The summed E-state index contributed by atoms with van der Waals surface area (Å²) >= 11 is 5.87. The third-order valence-corrected chi connectivity index (χ3v) is 4.10. The van der Waals surface area contributed by atoms with Crippen LogP contribution in [0.3, 0.4) is 0 Å². The van der Waals surface area contributed by atoms with Crippen molar-refractivity contribution in [1.29, 1.82) is 0 Å². The molecule has 1 amide bonds. The van der Waals surface area contributed by atoms with Crippen LogP contribution in [0.4, 0.5) is 0 Å². The zero-order valence-electron chi connectivity index (χ0n) is 9.90. The van der Waals surface area contributed by atoms with E-state index in [1.807, 2.05) is 4.90 Å². The number of hydrogen-bond acceptors (Lipinski definition) is 3. The molecule has 2 aliphatic heterocycles. The molecule has 0 saturated carbocycles. The molecule has 18 heavy (non-hydrogen) atoms. The highest BCUT2D eigenvalue weighted by Crippen LogP contribution is 2.30. The van der Waals surface area contributed by atoms with Crippen LogP contribution in [0.15, 0.2) is 18.2 Å². The van der Waals surface area contributed by atoms with Gasteiger partial charge in [0, 0.05) is 31.2 Å². The monoisotopic (exact) mass is 266 g/mol. The highest BCUT2D eigenvalue weighted by molar-refractivity contribution is 6.31. The van der Waals surface area contributed by atoms with Gasteiger partial charge in [-0.2, -0.15) is 0 Å². The zero-order valence-corrected chi connectivity index (χ0v) is 10.7. The van der Waals surface area contributed by atoms with E-state index >= 15 is 0 Å². The number of benzene rings is 1. The molecule has 2 heterocycles. The SMILES string of the molecule is O=C(c1cc(Cl)ccc1O)N1CC2CNCC2C1.